The number of benzene rings is 2. The highest BCUT2D eigenvalue weighted by Gasteiger charge is 2.14. The topological polar surface area (TPSA) is 84.2 Å². The SMILES string of the molecule is CC(=O)Nc1ccc(-c2csc(NC(=O)c3cc4ccccc4o3)n2)cc1. The van der Waals surface area contributed by atoms with Gasteiger partial charge in [0.2, 0.25) is 5.91 Å². The van der Waals surface area contributed by atoms with Crippen LogP contribution < -0.4 is 10.6 Å². The Morgan fingerprint density at radius 3 is 2.56 bits per heavy atom. The van der Waals surface area contributed by atoms with Crippen LogP contribution in [0.2, 0.25) is 0 Å². The summed E-state index contributed by atoms with van der Waals surface area (Å²) < 4.78 is 5.57. The molecule has 134 valence electrons. The molecule has 7 heteroatoms. The molecule has 0 aliphatic rings. The molecule has 0 radical (unpaired) electrons. The maximum atomic E-state index is 12.4. The van der Waals surface area contributed by atoms with Gasteiger partial charge in [0.1, 0.15) is 5.58 Å². The van der Waals surface area contributed by atoms with Crippen LogP contribution in [-0.2, 0) is 4.79 Å². The van der Waals surface area contributed by atoms with E-state index in [4.69, 9.17) is 4.42 Å². The van der Waals surface area contributed by atoms with Gasteiger partial charge in [-0.15, -0.1) is 11.3 Å². The summed E-state index contributed by atoms with van der Waals surface area (Å²) in [6.45, 7) is 1.46. The summed E-state index contributed by atoms with van der Waals surface area (Å²) in [6, 6.07) is 16.5. The van der Waals surface area contributed by atoms with E-state index in [2.05, 4.69) is 15.6 Å². The predicted octanol–water partition coefficient (Wildman–Crippen LogP) is 4.77. The van der Waals surface area contributed by atoms with Crippen molar-refractivity contribution in [2.24, 2.45) is 0 Å². The van der Waals surface area contributed by atoms with E-state index in [1.807, 2.05) is 53.9 Å². The van der Waals surface area contributed by atoms with Crippen LogP contribution in [0.3, 0.4) is 0 Å². The minimum Gasteiger partial charge on any atom is -0.451 e. The zero-order valence-electron chi connectivity index (χ0n) is 14.4. The highest BCUT2D eigenvalue weighted by Crippen LogP contribution is 2.27. The molecule has 0 fully saturated rings. The fourth-order valence-electron chi connectivity index (χ4n) is 2.64. The van der Waals surface area contributed by atoms with Crippen LogP contribution in [-0.4, -0.2) is 16.8 Å². The average Bonchev–Trinajstić information content (AvgIpc) is 3.28. The van der Waals surface area contributed by atoms with Gasteiger partial charge in [0.15, 0.2) is 10.9 Å². The first-order valence-electron chi connectivity index (χ1n) is 8.22. The molecule has 2 aromatic carbocycles. The quantitative estimate of drug-likeness (QED) is 0.537. The standard InChI is InChI=1S/C20H15N3O3S/c1-12(24)21-15-8-6-13(7-9-15)16-11-27-20(22-16)23-19(25)18-10-14-4-2-3-5-17(14)26-18/h2-11H,1H3,(H,21,24)(H,22,23,25). The third kappa shape index (κ3) is 3.73. The number of aromatic nitrogens is 1. The maximum absolute atomic E-state index is 12.4. The van der Waals surface area contributed by atoms with E-state index in [-0.39, 0.29) is 17.6 Å². The molecular weight excluding hydrogens is 362 g/mol. The molecule has 0 aliphatic heterocycles. The monoisotopic (exact) mass is 377 g/mol. The van der Waals surface area contributed by atoms with Gasteiger partial charge in [0.25, 0.3) is 5.91 Å². The molecule has 0 bridgehead atoms. The third-order valence-electron chi connectivity index (χ3n) is 3.87. The number of fused-ring (bicyclic) bond motifs is 1. The number of rotatable bonds is 4. The lowest BCUT2D eigenvalue weighted by Gasteiger charge is -2.02. The minimum absolute atomic E-state index is 0.119. The molecule has 2 N–H and O–H groups in total. The van der Waals surface area contributed by atoms with Crippen LogP contribution in [0.4, 0.5) is 10.8 Å². The summed E-state index contributed by atoms with van der Waals surface area (Å²) in [5.74, 6) is -0.215. The van der Waals surface area contributed by atoms with Gasteiger partial charge < -0.3 is 9.73 Å². The van der Waals surface area contributed by atoms with Crippen LogP contribution in [0.1, 0.15) is 17.5 Å². The Kier molecular flexibility index (Phi) is 4.43. The van der Waals surface area contributed by atoms with Crippen LogP contribution >= 0.6 is 11.3 Å². The second-order valence-electron chi connectivity index (χ2n) is 5.90. The number of amides is 2. The molecule has 6 nitrogen and oxygen atoms in total. The minimum atomic E-state index is -0.340. The van der Waals surface area contributed by atoms with E-state index in [1.54, 1.807) is 6.07 Å². The third-order valence-corrected chi connectivity index (χ3v) is 4.63. The van der Waals surface area contributed by atoms with Gasteiger partial charge in [-0.05, 0) is 24.3 Å². The fourth-order valence-corrected chi connectivity index (χ4v) is 3.36. The molecule has 0 unspecified atom stereocenters. The van der Waals surface area contributed by atoms with Gasteiger partial charge in [0, 0.05) is 28.9 Å². The molecule has 0 saturated carbocycles. The van der Waals surface area contributed by atoms with E-state index in [0.717, 1.165) is 22.3 Å². The molecule has 0 aliphatic carbocycles. The lowest BCUT2D eigenvalue weighted by Crippen LogP contribution is -2.10. The number of hydrogen-bond donors (Lipinski definition) is 2. The first-order chi connectivity index (χ1) is 13.1. The van der Waals surface area contributed by atoms with Crippen molar-refractivity contribution in [1.82, 2.24) is 4.98 Å². The molecule has 0 spiro atoms. The first-order valence-corrected chi connectivity index (χ1v) is 9.10. The molecule has 0 atom stereocenters. The Labute approximate surface area is 158 Å². The van der Waals surface area contributed by atoms with Crippen molar-refractivity contribution in [3.05, 3.63) is 65.7 Å². The zero-order chi connectivity index (χ0) is 18.8. The summed E-state index contributed by atoms with van der Waals surface area (Å²) in [6.07, 6.45) is 0. The number of furan rings is 1. The number of carbonyl (C=O) groups excluding carboxylic acids is 2. The van der Waals surface area contributed by atoms with Gasteiger partial charge in [-0.3, -0.25) is 14.9 Å². The number of carbonyl (C=O) groups is 2. The van der Waals surface area contributed by atoms with Crippen molar-refractivity contribution in [1.29, 1.82) is 0 Å². The van der Waals surface area contributed by atoms with E-state index in [9.17, 15) is 9.59 Å². The smallest absolute Gasteiger partial charge is 0.293 e. The van der Waals surface area contributed by atoms with Crippen molar-refractivity contribution < 1.29 is 14.0 Å². The Bertz CT molecular complexity index is 1100. The van der Waals surface area contributed by atoms with E-state index in [0.29, 0.717) is 10.7 Å². The fraction of sp³-hybridized carbons (Fsp3) is 0.0500. The van der Waals surface area contributed by atoms with Crippen LogP contribution in [0, 0.1) is 0 Å². The molecule has 4 aromatic rings. The van der Waals surface area contributed by atoms with Crippen molar-refractivity contribution in [2.75, 3.05) is 10.6 Å². The summed E-state index contributed by atoms with van der Waals surface area (Å²) in [5, 5.41) is 8.71. The maximum Gasteiger partial charge on any atom is 0.293 e. The summed E-state index contributed by atoms with van der Waals surface area (Å²) in [4.78, 5) is 27.9. The number of nitrogens with zero attached hydrogens (tertiary/aromatic N) is 1. The average molecular weight is 377 g/mol. The largest absolute Gasteiger partial charge is 0.451 e. The lowest BCUT2D eigenvalue weighted by molar-refractivity contribution is -0.114. The molecule has 27 heavy (non-hydrogen) atoms. The summed E-state index contributed by atoms with van der Waals surface area (Å²) in [5.41, 5.74) is 3.03. The van der Waals surface area contributed by atoms with Gasteiger partial charge in [-0.25, -0.2) is 4.98 Å². The second-order valence-corrected chi connectivity index (χ2v) is 6.76. The Balaban J connectivity index is 1.49. The highest BCUT2D eigenvalue weighted by atomic mass is 32.1. The molecule has 2 amide bonds. The first kappa shape index (κ1) is 17.0. The summed E-state index contributed by atoms with van der Waals surface area (Å²) >= 11 is 1.33. The Morgan fingerprint density at radius 1 is 1.04 bits per heavy atom. The van der Waals surface area contributed by atoms with E-state index in [1.165, 1.54) is 18.3 Å². The molecule has 2 aromatic heterocycles. The number of anilines is 2. The van der Waals surface area contributed by atoms with Crippen LogP contribution in [0.25, 0.3) is 22.2 Å². The van der Waals surface area contributed by atoms with Gasteiger partial charge >= 0.3 is 0 Å². The lowest BCUT2D eigenvalue weighted by atomic mass is 10.1. The van der Waals surface area contributed by atoms with E-state index >= 15 is 0 Å². The van der Waals surface area contributed by atoms with Gasteiger partial charge in [-0.2, -0.15) is 0 Å². The second kappa shape index (κ2) is 7.05. The van der Waals surface area contributed by atoms with Crippen LogP contribution in [0.5, 0.6) is 0 Å². The molecule has 4 rings (SSSR count). The van der Waals surface area contributed by atoms with Crippen molar-refractivity contribution in [3.8, 4) is 11.3 Å². The van der Waals surface area contributed by atoms with Crippen LogP contribution in [0.15, 0.2) is 64.4 Å². The van der Waals surface area contributed by atoms with Crippen molar-refractivity contribution in [2.45, 2.75) is 6.92 Å². The number of thiazole rings is 1. The number of para-hydroxylation sites is 1. The highest BCUT2D eigenvalue weighted by molar-refractivity contribution is 7.14. The number of hydrogen-bond acceptors (Lipinski definition) is 5. The normalized spacial score (nSPS) is 10.7. The Morgan fingerprint density at radius 2 is 1.81 bits per heavy atom. The molecule has 0 saturated heterocycles. The number of nitrogens with one attached hydrogen (secondary N) is 2. The van der Waals surface area contributed by atoms with Crippen molar-refractivity contribution in [3.63, 3.8) is 0 Å². The molecule has 2 heterocycles. The van der Waals surface area contributed by atoms with Crippen molar-refractivity contribution >= 4 is 44.9 Å². The Hall–Kier alpha value is -3.45. The predicted molar refractivity (Wildman–Crippen MR) is 106 cm³/mol. The van der Waals surface area contributed by atoms with Gasteiger partial charge in [0.05, 0.1) is 5.69 Å². The zero-order valence-corrected chi connectivity index (χ0v) is 15.2. The molecular formula is C20H15N3O3S. The van der Waals surface area contributed by atoms with Gasteiger partial charge in [-0.1, -0.05) is 30.3 Å². The van der Waals surface area contributed by atoms with E-state index < -0.39 is 0 Å². The summed E-state index contributed by atoms with van der Waals surface area (Å²) in [7, 11) is 0.